The van der Waals surface area contributed by atoms with Crippen LogP contribution in [-0.4, -0.2) is 61.6 Å². The van der Waals surface area contributed by atoms with Crippen LogP contribution < -0.4 is 15.9 Å². The molecule has 0 radical (unpaired) electrons. The third kappa shape index (κ3) is 4.74. The molecule has 10 nitrogen and oxygen atoms in total. The Hall–Kier alpha value is -3.90. The van der Waals surface area contributed by atoms with Gasteiger partial charge in [0.05, 0.1) is 6.04 Å². The summed E-state index contributed by atoms with van der Waals surface area (Å²) in [6.45, 7) is 1.46. The highest BCUT2D eigenvalue weighted by Crippen LogP contribution is 2.19. The van der Waals surface area contributed by atoms with Crippen molar-refractivity contribution in [1.82, 2.24) is 24.7 Å². The lowest BCUT2D eigenvalue weighted by Crippen LogP contribution is -2.59. The summed E-state index contributed by atoms with van der Waals surface area (Å²) in [7, 11) is 0. The number of pyridine rings is 1. The summed E-state index contributed by atoms with van der Waals surface area (Å²) in [4.78, 5) is 45.7. The minimum Gasteiger partial charge on any atom is -0.475 e. The minimum absolute atomic E-state index is 0.0511. The van der Waals surface area contributed by atoms with E-state index in [2.05, 4.69) is 25.2 Å². The van der Waals surface area contributed by atoms with Crippen molar-refractivity contribution in [2.45, 2.75) is 12.2 Å². The molecule has 0 atom stereocenters. The molecule has 1 amide bonds. The lowest BCUT2D eigenvalue weighted by Gasteiger charge is -2.41. The SMILES string of the molecule is O=C(NC1CN(c2ccncc2)C1)c1cc2nccn2c(=O)[nH]1.O=C(O)C(F)(F)F. The molecule has 1 aliphatic rings. The number of nitrogens with one attached hydrogen (secondary N) is 2. The van der Waals surface area contributed by atoms with Gasteiger partial charge in [0, 0.05) is 49.6 Å². The molecule has 3 aromatic rings. The molecule has 158 valence electrons. The highest BCUT2D eigenvalue weighted by molar-refractivity contribution is 5.93. The van der Waals surface area contributed by atoms with Crippen LogP contribution in [0.3, 0.4) is 0 Å². The molecular formula is C17H15F3N6O4. The van der Waals surface area contributed by atoms with E-state index in [-0.39, 0.29) is 23.3 Å². The molecule has 0 aromatic carbocycles. The van der Waals surface area contributed by atoms with E-state index in [0.717, 1.165) is 18.8 Å². The largest absolute Gasteiger partial charge is 0.490 e. The van der Waals surface area contributed by atoms with Gasteiger partial charge in [-0.25, -0.2) is 14.6 Å². The number of imidazole rings is 1. The number of halogens is 3. The van der Waals surface area contributed by atoms with Crippen LogP contribution >= 0.6 is 0 Å². The van der Waals surface area contributed by atoms with Crippen molar-refractivity contribution in [2.75, 3.05) is 18.0 Å². The van der Waals surface area contributed by atoms with E-state index in [1.54, 1.807) is 24.7 Å². The number of carbonyl (C=O) groups is 2. The normalized spacial score (nSPS) is 13.9. The maximum atomic E-state index is 12.3. The molecule has 0 bridgehead atoms. The standard InChI is InChI=1S/C15H14N6O2.C2HF3O2/c22-14(12-7-13-17-5-6-21(13)15(23)19-12)18-10-8-20(9-10)11-1-3-16-4-2-11;3-2(4,5)1(6)7/h1-7,10H,8-9H2,(H,18,22)(H,19,23);(H,6,7). The molecule has 1 fully saturated rings. The van der Waals surface area contributed by atoms with E-state index in [9.17, 15) is 22.8 Å². The molecule has 4 heterocycles. The van der Waals surface area contributed by atoms with Crippen molar-refractivity contribution >= 4 is 23.2 Å². The molecule has 30 heavy (non-hydrogen) atoms. The van der Waals surface area contributed by atoms with E-state index in [4.69, 9.17) is 9.90 Å². The number of carboxylic acid groups (broad SMARTS) is 1. The van der Waals surface area contributed by atoms with Crippen molar-refractivity contribution in [3.63, 3.8) is 0 Å². The highest BCUT2D eigenvalue weighted by atomic mass is 19.4. The fourth-order valence-electron chi connectivity index (χ4n) is 2.66. The second-order valence-corrected chi connectivity index (χ2v) is 6.23. The molecule has 3 N–H and O–H groups in total. The Morgan fingerprint density at radius 3 is 2.43 bits per heavy atom. The first-order valence-electron chi connectivity index (χ1n) is 8.47. The lowest BCUT2D eigenvalue weighted by molar-refractivity contribution is -0.192. The summed E-state index contributed by atoms with van der Waals surface area (Å²) >= 11 is 0. The molecule has 0 unspecified atom stereocenters. The van der Waals surface area contributed by atoms with E-state index in [1.165, 1.54) is 10.6 Å². The number of carboxylic acids is 1. The Morgan fingerprint density at radius 2 is 1.83 bits per heavy atom. The average molecular weight is 424 g/mol. The Kier molecular flexibility index (Phi) is 5.71. The number of anilines is 1. The first-order chi connectivity index (χ1) is 14.1. The number of hydrogen-bond acceptors (Lipinski definition) is 6. The number of amides is 1. The topological polar surface area (TPSA) is 133 Å². The smallest absolute Gasteiger partial charge is 0.475 e. The van der Waals surface area contributed by atoms with Crippen molar-refractivity contribution in [1.29, 1.82) is 0 Å². The summed E-state index contributed by atoms with van der Waals surface area (Å²) in [5, 5.41) is 10.0. The number of alkyl halides is 3. The highest BCUT2D eigenvalue weighted by Gasteiger charge is 2.38. The van der Waals surface area contributed by atoms with E-state index in [1.807, 2.05) is 12.1 Å². The van der Waals surface area contributed by atoms with Gasteiger partial charge in [0.2, 0.25) is 0 Å². The minimum atomic E-state index is -5.08. The monoisotopic (exact) mass is 424 g/mol. The summed E-state index contributed by atoms with van der Waals surface area (Å²) in [6, 6.07) is 5.48. The molecule has 4 rings (SSSR count). The van der Waals surface area contributed by atoms with Crippen LogP contribution in [0.1, 0.15) is 10.5 Å². The van der Waals surface area contributed by atoms with Crippen LogP contribution in [-0.2, 0) is 4.79 Å². The average Bonchev–Trinajstić information content (AvgIpc) is 3.14. The molecular weight excluding hydrogens is 409 g/mol. The summed E-state index contributed by atoms with van der Waals surface area (Å²) in [5.74, 6) is -3.06. The van der Waals surface area contributed by atoms with Gasteiger partial charge >= 0.3 is 17.8 Å². The van der Waals surface area contributed by atoms with Gasteiger partial charge in [-0.2, -0.15) is 13.2 Å². The molecule has 0 aliphatic carbocycles. The summed E-state index contributed by atoms with van der Waals surface area (Å²) in [5.41, 5.74) is 1.37. The van der Waals surface area contributed by atoms with Crippen molar-refractivity contribution in [3.8, 4) is 0 Å². The molecule has 3 aromatic heterocycles. The van der Waals surface area contributed by atoms with E-state index >= 15 is 0 Å². The fourth-order valence-corrected chi connectivity index (χ4v) is 2.66. The number of aliphatic carboxylic acids is 1. The van der Waals surface area contributed by atoms with Crippen LogP contribution in [0.25, 0.3) is 5.65 Å². The lowest BCUT2D eigenvalue weighted by atomic mass is 10.1. The molecule has 1 aliphatic heterocycles. The molecule has 0 saturated carbocycles. The third-order valence-electron chi connectivity index (χ3n) is 4.13. The van der Waals surface area contributed by atoms with Crippen molar-refractivity contribution in [3.05, 3.63) is 59.2 Å². The number of fused-ring (bicyclic) bond motifs is 1. The number of rotatable bonds is 3. The Bertz CT molecular complexity index is 1110. The first-order valence-corrected chi connectivity index (χ1v) is 8.47. The maximum absolute atomic E-state index is 12.3. The maximum Gasteiger partial charge on any atom is 0.490 e. The Labute approximate surface area is 166 Å². The van der Waals surface area contributed by atoms with E-state index < -0.39 is 12.1 Å². The zero-order valence-corrected chi connectivity index (χ0v) is 15.1. The molecule has 0 spiro atoms. The van der Waals surface area contributed by atoms with Gasteiger partial charge in [-0.05, 0) is 12.1 Å². The van der Waals surface area contributed by atoms with Crippen LogP contribution in [0.15, 0.2) is 47.8 Å². The fraction of sp³-hybridized carbons (Fsp3) is 0.235. The number of nitrogens with zero attached hydrogens (tertiary/aromatic N) is 4. The van der Waals surface area contributed by atoms with E-state index in [0.29, 0.717) is 5.65 Å². The number of hydrogen-bond donors (Lipinski definition) is 3. The number of carbonyl (C=O) groups excluding carboxylic acids is 1. The van der Waals surface area contributed by atoms with Crippen LogP contribution in [0.4, 0.5) is 18.9 Å². The summed E-state index contributed by atoms with van der Waals surface area (Å²) in [6.07, 6.45) is 1.47. The summed E-state index contributed by atoms with van der Waals surface area (Å²) < 4.78 is 33.1. The second-order valence-electron chi connectivity index (χ2n) is 6.23. The third-order valence-corrected chi connectivity index (χ3v) is 4.13. The first kappa shape index (κ1) is 20.8. The van der Waals surface area contributed by atoms with Gasteiger partial charge in [-0.3, -0.25) is 14.2 Å². The quantitative estimate of drug-likeness (QED) is 0.563. The zero-order valence-electron chi connectivity index (χ0n) is 15.1. The van der Waals surface area contributed by atoms with Crippen LogP contribution in [0, 0.1) is 0 Å². The Balaban J connectivity index is 0.000000318. The Morgan fingerprint density at radius 1 is 1.20 bits per heavy atom. The van der Waals surface area contributed by atoms with Crippen LogP contribution in [0.5, 0.6) is 0 Å². The van der Waals surface area contributed by atoms with Crippen molar-refractivity contribution in [2.24, 2.45) is 0 Å². The predicted octanol–water partition coefficient (Wildman–Crippen LogP) is 0.669. The van der Waals surface area contributed by atoms with Crippen molar-refractivity contribution < 1.29 is 27.9 Å². The number of aromatic nitrogens is 4. The second kappa shape index (κ2) is 8.23. The zero-order chi connectivity index (χ0) is 21.9. The van der Waals surface area contributed by atoms with Gasteiger partial charge in [0.15, 0.2) is 0 Å². The van der Waals surface area contributed by atoms with Gasteiger partial charge in [0.1, 0.15) is 11.3 Å². The van der Waals surface area contributed by atoms with Crippen LogP contribution in [0.2, 0.25) is 0 Å². The molecule has 13 heteroatoms. The predicted molar refractivity (Wildman–Crippen MR) is 97.2 cm³/mol. The number of aromatic amines is 1. The van der Waals surface area contributed by atoms with Gasteiger partial charge < -0.3 is 20.3 Å². The van der Waals surface area contributed by atoms with Gasteiger partial charge in [0.25, 0.3) is 5.91 Å². The number of H-pyrrole nitrogens is 1. The van der Waals surface area contributed by atoms with Gasteiger partial charge in [-0.1, -0.05) is 0 Å². The molecule has 1 saturated heterocycles. The van der Waals surface area contributed by atoms with Gasteiger partial charge in [-0.15, -0.1) is 0 Å².